The molecule has 1 N–H and O–H groups in total. The number of hydrogen-bond donors (Lipinski definition) is 1. The number of nitrogens with one attached hydrogen (secondary N) is 1. The molecule has 12 rings (SSSR count). The van der Waals surface area contributed by atoms with Crippen LogP contribution in [0.2, 0.25) is 0 Å². The molecule has 0 amide bonds. The van der Waals surface area contributed by atoms with Gasteiger partial charge in [0.1, 0.15) is 5.82 Å². The molecule has 0 bridgehead atoms. The maximum absolute atomic E-state index is 4.95. The number of aromatic nitrogens is 8. The summed E-state index contributed by atoms with van der Waals surface area (Å²) in [5.74, 6) is 0.888. The van der Waals surface area contributed by atoms with Crippen molar-refractivity contribution in [3.8, 4) is 20.5 Å². The Kier molecular flexibility index (Phi) is 9.71. The van der Waals surface area contributed by atoms with Gasteiger partial charge in [0.2, 0.25) is 0 Å². The third-order valence-electron chi connectivity index (χ3n) is 9.36. The fourth-order valence-corrected chi connectivity index (χ4v) is 8.62. The van der Waals surface area contributed by atoms with Crippen molar-refractivity contribution < 1.29 is 19.5 Å². The molecule has 0 spiro atoms. The molecule has 268 valence electrons. The average Bonchev–Trinajstić information content (AvgIpc) is 4.07. The van der Waals surface area contributed by atoms with Crippen LogP contribution in [0.5, 0.6) is 0 Å². The van der Waals surface area contributed by atoms with Crippen molar-refractivity contribution in [1.29, 1.82) is 0 Å². The number of hydrogen-bond acceptors (Lipinski definition) is 9. The number of thiophene rings is 2. The maximum Gasteiger partial charge on any atom is 0.148 e. The van der Waals surface area contributed by atoms with Gasteiger partial charge in [0.15, 0.2) is 0 Å². The summed E-state index contributed by atoms with van der Waals surface area (Å²) in [6, 6.07) is 40.9. The van der Waals surface area contributed by atoms with Crippen molar-refractivity contribution in [2.45, 2.75) is 0 Å². The summed E-state index contributed by atoms with van der Waals surface area (Å²) in [5.41, 5.74) is 7.66. The van der Waals surface area contributed by atoms with Gasteiger partial charge in [0, 0.05) is 98.7 Å². The first kappa shape index (κ1) is 35.3. The van der Waals surface area contributed by atoms with Crippen LogP contribution in [0.3, 0.4) is 0 Å². The fraction of sp³-hybridized carbons (Fsp3) is 0. The third-order valence-corrected chi connectivity index (χ3v) is 11.5. The largest absolute Gasteiger partial charge is 0.337 e. The topological polar surface area (TPSA) is 106 Å². The first-order valence-electron chi connectivity index (χ1n) is 17.6. The molecule has 3 aromatic carbocycles. The van der Waals surface area contributed by atoms with E-state index in [0.717, 1.165) is 87.2 Å². The van der Waals surface area contributed by atoms with Gasteiger partial charge in [0.05, 0.1) is 49.0 Å². The quantitative estimate of drug-likeness (QED) is 0.136. The molecule has 0 aliphatic rings. The van der Waals surface area contributed by atoms with Gasteiger partial charge in [-0.1, -0.05) is 54.6 Å². The zero-order valence-electron chi connectivity index (χ0n) is 29.4. The van der Waals surface area contributed by atoms with Crippen LogP contribution in [-0.4, -0.2) is 39.9 Å². The average molecular weight is 846 g/mol. The van der Waals surface area contributed by atoms with Crippen molar-refractivity contribution in [3.63, 3.8) is 0 Å². The van der Waals surface area contributed by atoms with Crippen LogP contribution < -0.4 is 0 Å². The van der Waals surface area contributed by atoms with Crippen molar-refractivity contribution in [2.24, 2.45) is 0 Å². The number of nitrogens with zero attached hydrogens (tertiary/aromatic N) is 7. The molecule has 12 aromatic rings. The second-order valence-corrected chi connectivity index (χ2v) is 14.7. The molecule has 0 atom stereocenters. The number of imidazole rings is 1. The predicted octanol–water partition coefficient (Wildman–Crippen LogP) is 11.7. The number of aromatic amines is 1. The standard InChI is InChI=1S/C21H12N4S2.2C12H8N2.Ru/c1-4-12-17(22-9-1)18-13(5-2-10-23-18)20-19(12)24-21(25-20)16-8-7-15(27-16)14-6-3-11-26-14;2*1-3-9-5-6-10-4-2-8-14-12(10)11(9)13-7-1;/h1-11H,(H,24,25);2*1-8H;. The summed E-state index contributed by atoms with van der Waals surface area (Å²) < 4.78 is 0. The molecule has 9 aromatic heterocycles. The van der Waals surface area contributed by atoms with Gasteiger partial charge in [-0.15, -0.1) is 22.7 Å². The van der Waals surface area contributed by atoms with E-state index in [1.54, 1.807) is 47.5 Å². The molecule has 11 heteroatoms. The second kappa shape index (κ2) is 15.4. The molecule has 0 aliphatic carbocycles. The van der Waals surface area contributed by atoms with Crippen LogP contribution in [0.15, 0.2) is 164 Å². The van der Waals surface area contributed by atoms with Gasteiger partial charge >= 0.3 is 0 Å². The molecule has 56 heavy (non-hydrogen) atoms. The summed E-state index contributed by atoms with van der Waals surface area (Å²) in [7, 11) is 0. The summed E-state index contributed by atoms with van der Waals surface area (Å²) in [4.78, 5) is 38.7. The number of rotatable bonds is 2. The molecule has 0 unspecified atom stereocenters. The van der Waals surface area contributed by atoms with Crippen molar-refractivity contribution in [2.75, 3.05) is 0 Å². The Morgan fingerprint density at radius 3 is 1.32 bits per heavy atom. The molecule has 0 radical (unpaired) electrons. The Morgan fingerprint density at radius 1 is 0.375 bits per heavy atom. The third kappa shape index (κ3) is 6.56. The minimum absolute atomic E-state index is 0. The predicted molar refractivity (Wildman–Crippen MR) is 227 cm³/mol. The molecular weight excluding hydrogens is 818 g/mol. The molecule has 0 aliphatic heterocycles. The van der Waals surface area contributed by atoms with Crippen molar-refractivity contribution in [3.05, 3.63) is 164 Å². The van der Waals surface area contributed by atoms with E-state index in [1.807, 2.05) is 48.8 Å². The summed E-state index contributed by atoms with van der Waals surface area (Å²) in [5, 5.41) is 8.73. The van der Waals surface area contributed by atoms with E-state index in [2.05, 4.69) is 125 Å². The van der Waals surface area contributed by atoms with Gasteiger partial charge < -0.3 is 4.98 Å². The van der Waals surface area contributed by atoms with Gasteiger partial charge in [-0.3, -0.25) is 29.9 Å². The second-order valence-electron chi connectivity index (χ2n) is 12.7. The summed E-state index contributed by atoms with van der Waals surface area (Å²) in [6.45, 7) is 0. The monoisotopic (exact) mass is 846 g/mol. The molecule has 9 heterocycles. The van der Waals surface area contributed by atoms with Crippen LogP contribution in [0, 0.1) is 0 Å². The number of H-pyrrole nitrogens is 1. The first-order chi connectivity index (χ1) is 27.3. The zero-order valence-corrected chi connectivity index (χ0v) is 32.8. The van der Waals surface area contributed by atoms with Crippen LogP contribution >= 0.6 is 22.7 Å². The van der Waals surface area contributed by atoms with Gasteiger partial charge in [-0.2, -0.15) is 0 Å². The SMILES string of the molecule is [Ru].c1cnc2c(c1)ccc1cccnc12.c1cnc2c(c1)ccc1cccnc12.c1csc(-c2ccc(-c3nc4c5cccnc5c5ncccc5c4[nH]3)s2)c1. The van der Waals surface area contributed by atoms with E-state index in [-0.39, 0.29) is 19.5 Å². The Balaban J connectivity index is 0.000000119. The normalized spacial score (nSPS) is 11.1. The Bertz CT molecular complexity index is 3010. The molecule has 8 nitrogen and oxygen atoms in total. The van der Waals surface area contributed by atoms with Crippen LogP contribution in [0.25, 0.3) is 96.9 Å². The summed E-state index contributed by atoms with van der Waals surface area (Å²) >= 11 is 3.51. The number of benzene rings is 3. The Labute approximate surface area is 340 Å². The molecular formula is C45H28N8RuS2. The fourth-order valence-electron chi connectivity index (χ4n) is 6.84. The van der Waals surface area contributed by atoms with Gasteiger partial charge in [-0.05, 0) is 72.1 Å². The van der Waals surface area contributed by atoms with E-state index >= 15 is 0 Å². The molecule has 0 fully saturated rings. The van der Waals surface area contributed by atoms with E-state index in [1.165, 1.54) is 9.75 Å². The van der Waals surface area contributed by atoms with Crippen LogP contribution in [0.1, 0.15) is 0 Å². The van der Waals surface area contributed by atoms with E-state index < -0.39 is 0 Å². The van der Waals surface area contributed by atoms with E-state index in [0.29, 0.717) is 0 Å². The summed E-state index contributed by atoms with van der Waals surface area (Å²) in [6.07, 6.45) is 10.8. The Morgan fingerprint density at radius 2 is 0.821 bits per heavy atom. The zero-order chi connectivity index (χ0) is 36.6. The van der Waals surface area contributed by atoms with E-state index in [4.69, 9.17) is 4.98 Å². The van der Waals surface area contributed by atoms with Gasteiger partial charge in [-0.25, -0.2) is 4.98 Å². The smallest absolute Gasteiger partial charge is 0.148 e. The minimum atomic E-state index is 0. The first-order valence-corrected chi connectivity index (χ1v) is 19.3. The van der Waals surface area contributed by atoms with Gasteiger partial charge in [0.25, 0.3) is 0 Å². The van der Waals surface area contributed by atoms with Crippen molar-refractivity contribution in [1.82, 2.24) is 39.9 Å². The Hall–Kier alpha value is -6.39. The van der Waals surface area contributed by atoms with Crippen molar-refractivity contribution >= 4 is 99.1 Å². The molecule has 0 saturated heterocycles. The van der Waals surface area contributed by atoms with Crippen LogP contribution in [-0.2, 0) is 19.5 Å². The minimum Gasteiger partial charge on any atom is -0.337 e. The van der Waals surface area contributed by atoms with E-state index in [9.17, 15) is 0 Å². The molecule has 0 saturated carbocycles. The maximum atomic E-state index is 4.95. The number of fused-ring (bicyclic) bond motifs is 12. The van der Waals surface area contributed by atoms with Crippen LogP contribution in [0.4, 0.5) is 0 Å². The number of pyridine rings is 6.